The van der Waals surface area contributed by atoms with Gasteiger partial charge < -0.3 is 9.72 Å². The average molecular weight is 373 g/mol. The molecule has 0 radical (unpaired) electrons. The summed E-state index contributed by atoms with van der Waals surface area (Å²) < 4.78 is 5.95. The number of nitrogens with zero attached hydrogens (tertiary/aromatic N) is 2. The number of carbonyl (C=O) groups is 1. The van der Waals surface area contributed by atoms with Crippen LogP contribution in [0.3, 0.4) is 0 Å². The molecular weight excluding hydrogens is 350 g/mol. The number of fused-ring (bicyclic) bond motifs is 1. The first kappa shape index (κ1) is 16.3. The van der Waals surface area contributed by atoms with Crippen molar-refractivity contribution < 1.29 is 9.53 Å². The summed E-state index contributed by atoms with van der Waals surface area (Å²) in [5.74, 6) is 1.88. The average Bonchev–Trinajstić information content (AvgIpc) is 3.18. The van der Waals surface area contributed by atoms with Crippen molar-refractivity contribution in [3.63, 3.8) is 0 Å². The number of pyridine rings is 1. The summed E-state index contributed by atoms with van der Waals surface area (Å²) in [5, 5.41) is 1.15. The molecule has 3 aromatic rings. The number of benzene rings is 1. The Balaban J connectivity index is 1.19. The zero-order valence-corrected chi connectivity index (χ0v) is 15.7. The standard InChI is InChI=1S/C23H23N3O2/c27-23(28-22-19-8-14-7-15(9-19)13-26(22)12-14)18-2-4-21(25-11-18)16-1-3-20-17(10-16)5-6-24-20/h1-6,10-11,14-15,19,22,24H,7-9,12-13H2/t14-,15-,22-/m0/s1. The Morgan fingerprint density at radius 1 is 1.07 bits per heavy atom. The maximum absolute atomic E-state index is 12.7. The fourth-order valence-corrected chi connectivity index (χ4v) is 5.64. The van der Waals surface area contributed by atoms with E-state index in [1.54, 1.807) is 6.20 Å². The second-order valence-corrected chi connectivity index (χ2v) is 8.66. The van der Waals surface area contributed by atoms with Crippen LogP contribution in [0.25, 0.3) is 22.2 Å². The summed E-state index contributed by atoms with van der Waals surface area (Å²) in [6, 6.07) is 12.0. The maximum atomic E-state index is 12.7. The summed E-state index contributed by atoms with van der Waals surface area (Å²) >= 11 is 0. The number of hydrogen-bond acceptors (Lipinski definition) is 4. The van der Waals surface area contributed by atoms with Gasteiger partial charge in [-0.15, -0.1) is 0 Å². The van der Waals surface area contributed by atoms with Crippen molar-refractivity contribution in [1.29, 1.82) is 0 Å². The lowest BCUT2D eigenvalue weighted by atomic mass is 9.67. The molecule has 5 heteroatoms. The van der Waals surface area contributed by atoms with Crippen LogP contribution >= 0.6 is 0 Å². The van der Waals surface area contributed by atoms with Gasteiger partial charge in [-0.2, -0.15) is 0 Å². The molecule has 3 aliphatic heterocycles. The Morgan fingerprint density at radius 3 is 2.68 bits per heavy atom. The number of aromatic amines is 1. The van der Waals surface area contributed by atoms with Crippen molar-refractivity contribution in [2.75, 3.05) is 13.1 Å². The predicted molar refractivity (Wildman–Crippen MR) is 107 cm³/mol. The van der Waals surface area contributed by atoms with Crippen LogP contribution in [-0.4, -0.2) is 40.2 Å². The molecule has 1 aromatic carbocycles. The number of ether oxygens (including phenoxy) is 1. The Bertz CT molecular complexity index is 1010. The van der Waals surface area contributed by atoms with E-state index in [0.29, 0.717) is 11.5 Å². The highest BCUT2D eigenvalue weighted by molar-refractivity contribution is 5.90. The van der Waals surface area contributed by atoms with Crippen molar-refractivity contribution in [3.8, 4) is 11.3 Å². The lowest BCUT2D eigenvalue weighted by molar-refractivity contribution is -0.159. The molecule has 4 bridgehead atoms. The smallest absolute Gasteiger partial charge is 0.341 e. The third-order valence-corrected chi connectivity index (χ3v) is 6.76. The van der Waals surface area contributed by atoms with Crippen molar-refractivity contribution in [2.45, 2.75) is 25.5 Å². The van der Waals surface area contributed by atoms with Gasteiger partial charge in [0, 0.05) is 47.9 Å². The Morgan fingerprint density at radius 2 is 1.93 bits per heavy atom. The van der Waals surface area contributed by atoms with Crippen LogP contribution in [0.15, 0.2) is 48.8 Å². The highest BCUT2D eigenvalue weighted by atomic mass is 16.6. The second kappa shape index (κ2) is 6.17. The van der Waals surface area contributed by atoms with Gasteiger partial charge in [0.15, 0.2) is 6.23 Å². The molecule has 0 amide bonds. The SMILES string of the molecule is O=C(O[C@H]1C2C[C@@H]3C[C@@H](C2)CN1C3)c1ccc(-c2ccc3[nH]ccc3c2)nc1. The van der Waals surface area contributed by atoms with Crippen LogP contribution in [0.1, 0.15) is 29.6 Å². The van der Waals surface area contributed by atoms with Crippen LogP contribution in [0, 0.1) is 17.8 Å². The van der Waals surface area contributed by atoms with Crippen LogP contribution < -0.4 is 0 Å². The molecule has 5 heterocycles. The van der Waals surface area contributed by atoms with Gasteiger partial charge in [-0.25, -0.2) is 4.79 Å². The molecule has 4 fully saturated rings. The molecule has 1 N–H and O–H groups in total. The van der Waals surface area contributed by atoms with Crippen molar-refractivity contribution >= 4 is 16.9 Å². The lowest BCUT2D eigenvalue weighted by Crippen LogP contribution is -2.60. The molecule has 3 saturated heterocycles. The van der Waals surface area contributed by atoms with E-state index < -0.39 is 0 Å². The predicted octanol–water partition coefficient (Wildman–Crippen LogP) is 4.07. The van der Waals surface area contributed by atoms with Gasteiger partial charge in [0.1, 0.15) is 0 Å². The number of piperidine rings is 3. The summed E-state index contributed by atoms with van der Waals surface area (Å²) in [7, 11) is 0. The van der Waals surface area contributed by atoms with Gasteiger partial charge in [-0.3, -0.25) is 9.88 Å². The first-order chi connectivity index (χ1) is 13.7. The van der Waals surface area contributed by atoms with Gasteiger partial charge in [0.2, 0.25) is 0 Å². The number of rotatable bonds is 3. The zero-order valence-electron chi connectivity index (χ0n) is 15.7. The minimum absolute atomic E-state index is 0.0454. The number of nitrogens with one attached hydrogen (secondary N) is 1. The fraction of sp³-hybridized carbons (Fsp3) is 0.391. The zero-order chi connectivity index (χ0) is 18.7. The van der Waals surface area contributed by atoms with Gasteiger partial charge in [-0.1, -0.05) is 6.07 Å². The molecule has 1 aliphatic carbocycles. The van der Waals surface area contributed by atoms with Gasteiger partial charge in [0.25, 0.3) is 0 Å². The molecule has 1 saturated carbocycles. The highest BCUT2D eigenvalue weighted by Crippen LogP contribution is 2.46. The second-order valence-electron chi connectivity index (χ2n) is 8.66. The molecule has 142 valence electrons. The third-order valence-electron chi connectivity index (χ3n) is 6.76. The molecule has 3 atom stereocenters. The molecule has 5 nitrogen and oxygen atoms in total. The highest BCUT2D eigenvalue weighted by Gasteiger charge is 2.48. The fourth-order valence-electron chi connectivity index (χ4n) is 5.64. The molecule has 0 spiro atoms. The van der Waals surface area contributed by atoms with Crippen LogP contribution in [0.2, 0.25) is 0 Å². The Hall–Kier alpha value is -2.66. The third kappa shape index (κ3) is 2.65. The van der Waals surface area contributed by atoms with E-state index in [2.05, 4.69) is 27.0 Å². The number of esters is 1. The van der Waals surface area contributed by atoms with Gasteiger partial charge >= 0.3 is 5.97 Å². The van der Waals surface area contributed by atoms with Crippen LogP contribution in [0.4, 0.5) is 0 Å². The minimum Gasteiger partial charge on any atom is -0.442 e. The van der Waals surface area contributed by atoms with E-state index in [0.717, 1.165) is 47.1 Å². The van der Waals surface area contributed by atoms with Crippen molar-refractivity contribution in [2.24, 2.45) is 17.8 Å². The van der Waals surface area contributed by atoms with E-state index in [1.807, 2.05) is 30.5 Å². The maximum Gasteiger partial charge on any atom is 0.341 e. The van der Waals surface area contributed by atoms with E-state index in [-0.39, 0.29) is 12.2 Å². The summed E-state index contributed by atoms with van der Waals surface area (Å²) in [4.78, 5) is 22.8. The van der Waals surface area contributed by atoms with Gasteiger partial charge in [-0.05, 0) is 61.4 Å². The molecule has 4 aliphatic rings. The number of carbonyl (C=O) groups excluding carboxylic acids is 1. The quantitative estimate of drug-likeness (QED) is 0.703. The normalized spacial score (nSPS) is 30.6. The van der Waals surface area contributed by atoms with Crippen molar-refractivity contribution in [1.82, 2.24) is 14.9 Å². The van der Waals surface area contributed by atoms with Crippen LogP contribution in [0.5, 0.6) is 0 Å². The van der Waals surface area contributed by atoms with E-state index in [4.69, 9.17) is 4.74 Å². The first-order valence-corrected chi connectivity index (χ1v) is 10.2. The molecular formula is C23H23N3O2. The Kier molecular flexibility index (Phi) is 3.60. The topological polar surface area (TPSA) is 58.2 Å². The van der Waals surface area contributed by atoms with E-state index >= 15 is 0 Å². The lowest BCUT2D eigenvalue weighted by Gasteiger charge is -2.55. The van der Waals surface area contributed by atoms with Crippen molar-refractivity contribution in [3.05, 3.63) is 54.4 Å². The minimum atomic E-state index is -0.252. The Labute approximate surface area is 163 Å². The van der Waals surface area contributed by atoms with Crippen LogP contribution in [-0.2, 0) is 4.74 Å². The van der Waals surface area contributed by atoms with E-state index in [9.17, 15) is 4.79 Å². The molecule has 28 heavy (non-hydrogen) atoms. The van der Waals surface area contributed by atoms with E-state index in [1.165, 1.54) is 19.3 Å². The summed E-state index contributed by atoms with van der Waals surface area (Å²) in [6.45, 7) is 2.17. The summed E-state index contributed by atoms with van der Waals surface area (Å²) in [6.07, 6.45) is 7.32. The number of hydrogen-bond donors (Lipinski definition) is 1. The monoisotopic (exact) mass is 373 g/mol. The molecule has 7 rings (SSSR count). The number of H-pyrrole nitrogens is 1. The first-order valence-electron chi connectivity index (χ1n) is 10.2. The van der Waals surface area contributed by atoms with Gasteiger partial charge in [0.05, 0.1) is 11.3 Å². The number of aromatic nitrogens is 2. The summed E-state index contributed by atoms with van der Waals surface area (Å²) in [5.41, 5.74) is 3.54. The molecule has 0 unspecified atom stereocenters. The molecule has 2 aromatic heterocycles. The largest absolute Gasteiger partial charge is 0.442 e.